The van der Waals surface area contributed by atoms with E-state index in [4.69, 9.17) is 0 Å². The molecule has 0 atom stereocenters. The molecule has 1 aromatic carbocycles. The standard InChI is InChI=1S/C11H8F2O/c12-7-4-5-8(10(13)6-7)9-2-1-3-11(9)14/h2,4-6H,1,3H2. The molecule has 0 saturated carbocycles. The van der Waals surface area contributed by atoms with Crippen molar-refractivity contribution in [3.8, 4) is 0 Å². The van der Waals surface area contributed by atoms with Crippen LogP contribution in [0.5, 0.6) is 0 Å². The van der Waals surface area contributed by atoms with Crippen LogP contribution in [-0.2, 0) is 4.79 Å². The molecule has 0 N–H and O–H groups in total. The predicted octanol–water partition coefficient (Wildman–Crippen LogP) is 2.71. The molecule has 72 valence electrons. The van der Waals surface area contributed by atoms with E-state index in [9.17, 15) is 13.6 Å². The summed E-state index contributed by atoms with van der Waals surface area (Å²) in [6, 6.07) is 3.26. The lowest BCUT2D eigenvalue weighted by molar-refractivity contribution is -0.113. The lowest BCUT2D eigenvalue weighted by atomic mass is 10.0. The zero-order chi connectivity index (χ0) is 10.1. The average Bonchev–Trinajstić information content (AvgIpc) is 2.52. The van der Waals surface area contributed by atoms with Crippen molar-refractivity contribution in [3.05, 3.63) is 41.5 Å². The van der Waals surface area contributed by atoms with Crippen molar-refractivity contribution >= 4 is 11.4 Å². The van der Waals surface area contributed by atoms with Gasteiger partial charge < -0.3 is 0 Å². The Kier molecular flexibility index (Phi) is 2.15. The topological polar surface area (TPSA) is 17.1 Å². The van der Waals surface area contributed by atoms with E-state index in [-0.39, 0.29) is 11.3 Å². The summed E-state index contributed by atoms with van der Waals surface area (Å²) < 4.78 is 25.8. The largest absolute Gasteiger partial charge is 0.294 e. The molecule has 0 heterocycles. The van der Waals surface area contributed by atoms with Crippen LogP contribution >= 0.6 is 0 Å². The Morgan fingerprint density at radius 1 is 1.21 bits per heavy atom. The number of rotatable bonds is 1. The second-order valence-corrected chi connectivity index (χ2v) is 3.20. The zero-order valence-corrected chi connectivity index (χ0v) is 7.39. The molecule has 0 saturated heterocycles. The number of hydrogen-bond acceptors (Lipinski definition) is 1. The van der Waals surface area contributed by atoms with Crippen LogP contribution in [0.25, 0.3) is 5.57 Å². The Morgan fingerprint density at radius 2 is 2.00 bits per heavy atom. The highest BCUT2D eigenvalue weighted by Crippen LogP contribution is 2.26. The molecule has 0 aliphatic heterocycles. The van der Waals surface area contributed by atoms with Gasteiger partial charge in [-0.2, -0.15) is 0 Å². The van der Waals surface area contributed by atoms with Gasteiger partial charge in [-0.1, -0.05) is 6.08 Å². The van der Waals surface area contributed by atoms with Gasteiger partial charge in [0.05, 0.1) is 0 Å². The maximum absolute atomic E-state index is 13.2. The summed E-state index contributed by atoms with van der Waals surface area (Å²) in [6.07, 6.45) is 2.76. The average molecular weight is 194 g/mol. The lowest BCUT2D eigenvalue weighted by Gasteiger charge is -2.02. The monoisotopic (exact) mass is 194 g/mol. The van der Waals surface area contributed by atoms with Crippen molar-refractivity contribution in [3.63, 3.8) is 0 Å². The Balaban J connectivity index is 2.47. The Hall–Kier alpha value is -1.51. The third-order valence-electron chi connectivity index (χ3n) is 2.24. The SMILES string of the molecule is O=C1CCC=C1c1ccc(F)cc1F. The van der Waals surface area contributed by atoms with Crippen molar-refractivity contribution in [2.75, 3.05) is 0 Å². The first kappa shape index (κ1) is 9.06. The normalized spacial score (nSPS) is 15.9. The van der Waals surface area contributed by atoms with E-state index in [2.05, 4.69) is 0 Å². The van der Waals surface area contributed by atoms with E-state index in [1.165, 1.54) is 6.07 Å². The first-order valence-corrected chi connectivity index (χ1v) is 4.37. The zero-order valence-electron chi connectivity index (χ0n) is 7.39. The van der Waals surface area contributed by atoms with Crippen LogP contribution in [0.1, 0.15) is 18.4 Å². The molecule has 1 nitrogen and oxygen atoms in total. The molecular weight excluding hydrogens is 186 g/mol. The van der Waals surface area contributed by atoms with Gasteiger partial charge in [0.15, 0.2) is 5.78 Å². The van der Waals surface area contributed by atoms with Gasteiger partial charge in [-0.3, -0.25) is 4.79 Å². The summed E-state index contributed by atoms with van der Waals surface area (Å²) in [4.78, 5) is 11.3. The first-order valence-electron chi connectivity index (χ1n) is 4.37. The maximum atomic E-state index is 13.2. The van der Waals surface area contributed by atoms with Crippen molar-refractivity contribution < 1.29 is 13.6 Å². The number of Topliss-reactive ketones (excluding diaryl/α,β-unsaturated/α-hetero) is 1. The van der Waals surface area contributed by atoms with Crippen LogP contribution < -0.4 is 0 Å². The molecule has 2 rings (SSSR count). The predicted molar refractivity (Wildman–Crippen MR) is 48.6 cm³/mol. The second kappa shape index (κ2) is 3.33. The van der Waals surface area contributed by atoms with Gasteiger partial charge in [0.2, 0.25) is 0 Å². The number of hydrogen-bond donors (Lipinski definition) is 0. The minimum absolute atomic E-state index is 0.0736. The molecule has 0 aromatic heterocycles. The van der Waals surface area contributed by atoms with E-state index in [1.54, 1.807) is 6.08 Å². The summed E-state index contributed by atoms with van der Waals surface area (Å²) in [5.74, 6) is -1.38. The third kappa shape index (κ3) is 1.45. The van der Waals surface area contributed by atoms with Gasteiger partial charge in [0.1, 0.15) is 11.6 Å². The van der Waals surface area contributed by atoms with Gasteiger partial charge >= 0.3 is 0 Å². The molecule has 1 aromatic rings. The fourth-order valence-corrected chi connectivity index (χ4v) is 1.56. The molecule has 1 aliphatic rings. The van der Waals surface area contributed by atoms with E-state index in [0.717, 1.165) is 12.1 Å². The second-order valence-electron chi connectivity index (χ2n) is 3.20. The quantitative estimate of drug-likeness (QED) is 0.671. The molecule has 0 amide bonds. The smallest absolute Gasteiger partial charge is 0.163 e. The van der Waals surface area contributed by atoms with Crippen LogP contribution in [-0.4, -0.2) is 5.78 Å². The highest BCUT2D eigenvalue weighted by atomic mass is 19.1. The molecule has 3 heteroatoms. The highest BCUT2D eigenvalue weighted by Gasteiger charge is 2.19. The van der Waals surface area contributed by atoms with Crippen molar-refractivity contribution in [1.29, 1.82) is 0 Å². The summed E-state index contributed by atoms with van der Waals surface area (Å²) in [7, 11) is 0. The van der Waals surface area contributed by atoms with Gasteiger partial charge in [-0.15, -0.1) is 0 Å². The fourth-order valence-electron chi connectivity index (χ4n) is 1.56. The van der Waals surface area contributed by atoms with Gasteiger partial charge in [-0.25, -0.2) is 8.78 Å². The van der Waals surface area contributed by atoms with Crippen LogP contribution in [0.3, 0.4) is 0 Å². The molecule has 0 unspecified atom stereocenters. The molecule has 0 spiro atoms. The molecule has 1 aliphatic carbocycles. The number of ketones is 1. The van der Waals surface area contributed by atoms with Crippen LogP contribution in [0.4, 0.5) is 8.78 Å². The number of allylic oxidation sites excluding steroid dienone is 2. The van der Waals surface area contributed by atoms with E-state index in [1.807, 2.05) is 0 Å². The number of halogens is 2. The Bertz CT molecular complexity index is 421. The van der Waals surface area contributed by atoms with Crippen molar-refractivity contribution in [2.24, 2.45) is 0 Å². The van der Waals surface area contributed by atoms with E-state index >= 15 is 0 Å². The van der Waals surface area contributed by atoms with Gasteiger partial charge in [-0.05, 0) is 18.6 Å². The minimum Gasteiger partial charge on any atom is -0.294 e. The number of carbonyl (C=O) groups excluding carboxylic acids is 1. The van der Waals surface area contributed by atoms with E-state index in [0.29, 0.717) is 18.4 Å². The van der Waals surface area contributed by atoms with Gasteiger partial charge in [0.25, 0.3) is 0 Å². The van der Waals surface area contributed by atoms with Gasteiger partial charge in [0, 0.05) is 23.6 Å². The van der Waals surface area contributed by atoms with E-state index < -0.39 is 11.6 Å². The first-order chi connectivity index (χ1) is 6.68. The molecular formula is C11H8F2O. The minimum atomic E-state index is -0.675. The fraction of sp³-hybridized carbons (Fsp3) is 0.182. The Labute approximate surface area is 80.1 Å². The summed E-state index contributed by atoms with van der Waals surface area (Å²) in [6.45, 7) is 0. The molecule has 0 radical (unpaired) electrons. The molecule has 14 heavy (non-hydrogen) atoms. The Morgan fingerprint density at radius 3 is 2.57 bits per heavy atom. The number of carbonyl (C=O) groups is 1. The van der Waals surface area contributed by atoms with Crippen LogP contribution in [0, 0.1) is 11.6 Å². The number of benzene rings is 1. The summed E-state index contributed by atoms with van der Waals surface area (Å²) in [5.41, 5.74) is 0.580. The molecule has 0 fully saturated rings. The highest BCUT2D eigenvalue weighted by molar-refractivity contribution is 6.22. The maximum Gasteiger partial charge on any atom is 0.163 e. The van der Waals surface area contributed by atoms with Crippen molar-refractivity contribution in [2.45, 2.75) is 12.8 Å². The summed E-state index contributed by atoms with van der Waals surface area (Å²) in [5, 5.41) is 0. The lowest BCUT2D eigenvalue weighted by Crippen LogP contribution is -1.98. The summed E-state index contributed by atoms with van der Waals surface area (Å²) >= 11 is 0. The van der Waals surface area contributed by atoms with Crippen LogP contribution in [0.15, 0.2) is 24.3 Å². The third-order valence-corrected chi connectivity index (χ3v) is 2.24. The van der Waals surface area contributed by atoms with Crippen molar-refractivity contribution in [1.82, 2.24) is 0 Å². The molecule has 0 bridgehead atoms. The van der Waals surface area contributed by atoms with Crippen LogP contribution in [0.2, 0.25) is 0 Å².